The first-order valence-electron chi connectivity index (χ1n) is 11.1. The van der Waals surface area contributed by atoms with Crippen molar-refractivity contribution in [3.63, 3.8) is 0 Å². The number of hydrogen-bond acceptors (Lipinski definition) is 5. The number of imide groups is 1. The quantitative estimate of drug-likeness (QED) is 0.408. The van der Waals surface area contributed by atoms with Gasteiger partial charge in [-0.2, -0.15) is 0 Å². The molecule has 0 unspecified atom stereocenters. The fourth-order valence-electron chi connectivity index (χ4n) is 5.81. The zero-order valence-corrected chi connectivity index (χ0v) is 18.2. The van der Waals surface area contributed by atoms with Crippen molar-refractivity contribution in [1.82, 2.24) is 0 Å². The van der Waals surface area contributed by atoms with E-state index in [1.165, 1.54) is 11.0 Å². The summed E-state index contributed by atoms with van der Waals surface area (Å²) in [6, 6.07) is 12.0. The van der Waals surface area contributed by atoms with Gasteiger partial charge in [-0.15, -0.1) is 0 Å². The Balaban J connectivity index is 1.36. The summed E-state index contributed by atoms with van der Waals surface area (Å²) in [5.74, 6) is -1.44. The lowest BCUT2D eigenvalue weighted by Gasteiger charge is -2.20. The fourth-order valence-corrected chi connectivity index (χ4v) is 5.81. The van der Waals surface area contributed by atoms with Crippen LogP contribution in [0.4, 0.5) is 5.69 Å². The molecule has 1 aliphatic heterocycles. The molecule has 2 saturated carbocycles. The topological polar surface area (TPSA) is 80.8 Å². The highest BCUT2D eigenvalue weighted by Gasteiger charge is 2.61. The molecule has 2 amide bonds. The minimum Gasteiger partial charge on any atom is -0.454 e. The van der Waals surface area contributed by atoms with Gasteiger partial charge in [0.25, 0.3) is 0 Å². The maximum absolute atomic E-state index is 13.2. The van der Waals surface area contributed by atoms with Crippen molar-refractivity contribution >= 4 is 29.3 Å². The van der Waals surface area contributed by atoms with Crippen molar-refractivity contribution in [3.8, 4) is 0 Å². The third-order valence-corrected chi connectivity index (χ3v) is 7.32. The summed E-state index contributed by atoms with van der Waals surface area (Å²) in [5.41, 5.74) is 2.64. The molecule has 32 heavy (non-hydrogen) atoms. The molecule has 0 spiro atoms. The van der Waals surface area contributed by atoms with E-state index < -0.39 is 12.6 Å². The van der Waals surface area contributed by atoms with Crippen molar-refractivity contribution in [1.29, 1.82) is 0 Å². The van der Waals surface area contributed by atoms with Gasteiger partial charge in [0, 0.05) is 5.56 Å². The molecule has 4 atom stereocenters. The molecule has 0 radical (unpaired) electrons. The van der Waals surface area contributed by atoms with Gasteiger partial charge in [-0.1, -0.05) is 29.8 Å². The van der Waals surface area contributed by atoms with Gasteiger partial charge in [0.05, 0.1) is 23.1 Å². The Labute approximate surface area is 186 Å². The van der Waals surface area contributed by atoms with Crippen LogP contribution >= 0.6 is 0 Å². The minimum absolute atomic E-state index is 0.121. The number of anilines is 1. The van der Waals surface area contributed by atoms with Crippen LogP contribution in [0.25, 0.3) is 0 Å². The molecule has 5 rings (SSSR count). The predicted octanol–water partition coefficient (Wildman–Crippen LogP) is 3.88. The molecule has 1 saturated heterocycles. The Kier molecular flexibility index (Phi) is 4.96. The van der Waals surface area contributed by atoms with Crippen LogP contribution in [0.3, 0.4) is 0 Å². The van der Waals surface area contributed by atoms with Crippen LogP contribution in [0, 0.1) is 37.5 Å². The molecular weight excluding hydrogens is 406 g/mol. The maximum atomic E-state index is 13.2. The monoisotopic (exact) mass is 431 g/mol. The lowest BCUT2D eigenvalue weighted by atomic mass is 9.81. The number of ketones is 1. The number of rotatable bonds is 5. The Morgan fingerprint density at radius 1 is 0.938 bits per heavy atom. The summed E-state index contributed by atoms with van der Waals surface area (Å²) < 4.78 is 5.32. The Hall–Kier alpha value is -3.28. The molecule has 2 bridgehead atoms. The second-order valence-corrected chi connectivity index (χ2v) is 9.23. The van der Waals surface area contributed by atoms with Gasteiger partial charge in [0.15, 0.2) is 6.61 Å². The standard InChI is InChI=1S/C26H25NO5/c1-14-7-8-15(2)19(11-14)21(28)13-32-26(31)18-5-3-4-6-20(18)27-24(29)22-16-9-10-17(12-16)23(22)25(27)30/h3-8,11,16-17,22-23H,9-10,12-13H2,1-2H3/t16-,17-,22+,23+/m0/s1. The third-order valence-electron chi connectivity index (χ3n) is 7.32. The Morgan fingerprint density at radius 2 is 1.59 bits per heavy atom. The first-order valence-corrected chi connectivity index (χ1v) is 11.1. The number of carbonyl (C=O) groups is 4. The summed E-state index contributed by atoms with van der Waals surface area (Å²) >= 11 is 0. The molecule has 2 aliphatic carbocycles. The van der Waals surface area contributed by atoms with Gasteiger partial charge >= 0.3 is 5.97 Å². The lowest BCUT2D eigenvalue weighted by Crippen LogP contribution is -2.34. The van der Waals surface area contributed by atoms with E-state index in [4.69, 9.17) is 4.74 Å². The van der Waals surface area contributed by atoms with E-state index >= 15 is 0 Å². The van der Waals surface area contributed by atoms with Crippen molar-refractivity contribution in [3.05, 3.63) is 64.7 Å². The molecule has 1 heterocycles. The van der Waals surface area contributed by atoms with E-state index in [2.05, 4.69) is 0 Å². The van der Waals surface area contributed by atoms with E-state index in [0.717, 1.165) is 30.4 Å². The lowest BCUT2D eigenvalue weighted by molar-refractivity contribution is -0.123. The number of benzene rings is 2. The molecule has 3 fully saturated rings. The number of nitrogens with zero attached hydrogens (tertiary/aromatic N) is 1. The summed E-state index contributed by atoms with van der Waals surface area (Å²) in [7, 11) is 0. The summed E-state index contributed by atoms with van der Waals surface area (Å²) in [6.45, 7) is 3.32. The van der Waals surface area contributed by atoms with Crippen LogP contribution in [0.15, 0.2) is 42.5 Å². The number of esters is 1. The first kappa shape index (κ1) is 20.6. The van der Waals surface area contributed by atoms with Crippen LogP contribution in [0.2, 0.25) is 0 Å². The smallest absolute Gasteiger partial charge is 0.340 e. The highest BCUT2D eigenvalue weighted by Crippen LogP contribution is 2.56. The summed E-state index contributed by atoms with van der Waals surface area (Å²) in [6.07, 6.45) is 2.93. The van der Waals surface area contributed by atoms with Gasteiger partial charge in [0.1, 0.15) is 0 Å². The van der Waals surface area contributed by atoms with Gasteiger partial charge in [-0.3, -0.25) is 14.4 Å². The molecule has 3 aliphatic rings. The predicted molar refractivity (Wildman–Crippen MR) is 117 cm³/mol. The van der Waals surface area contributed by atoms with Crippen LogP contribution in [0.1, 0.15) is 51.1 Å². The Morgan fingerprint density at radius 3 is 2.28 bits per heavy atom. The van der Waals surface area contributed by atoms with Gasteiger partial charge < -0.3 is 4.74 Å². The number of carbonyl (C=O) groups excluding carboxylic acids is 4. The molecule has 164 valence electrons. The number of aryl methyl sites for hydroxylation is 2. The summed E-state index contributed by atoms with van der Waals surface area (Å²) in [5, 5.41) is 0. The van der Waals surface area contributed by atoms with Crippen LogP contribution < -0.4 is 4.90 Å². The molecule has 6 heteroatoms. The van der Waals surface area contributed by atoms with Crippen molar-refractivity contribution in [2.75, 3.05) is 11.5 Å². The molecule has 6 nitrogen and oxygen atoms in total. The molecule has 0 N–H and O–H groups in total. The molecule has 0 aromatic heterocycles. The number of para-hydroxylation sites is 1. The highest BCUT2D eigenvalue weighted by atomic mass is 16.5. The fraction of sp³-hybridized carbons (Fsp3) is 0.385. The van der Waals surface area contributed by atoms with E-state index in [-0.39, 0.29) is 52.5 Å². The summed E-state index contributed by atoms with van der Waals surface area (Å²) in [4.78, 5) is 53.0. The highest BCUT2D eigenvalue weighted by molar-refractivity contribution is 6.24. The first-order chi connectivity index (χ1) is 15.4. The second-order valence-electron chi connectivity index (χ2n) is 9.23. The normalized spacial score (nSPS) is 25.9. The molecule has 2 aromatic carbocycles. The Bertz CT molecular complexity index is 1120. The third kappa shape index (κ3) is 3.17. The van der Waals surface area contributed by atoms with Crippen molar-refractivity contribution in [2.45, 2.75) is 33.1 Å². The number of amides is 2. The molecule has 2 aromatic rings. The van der Waals surface area contributed by atoms with Crippen molar-refractivity contribution in [2.24, 2.45) is 23.7 Å². The van der Waals surface area contributed by atoms with Crippen LogP contribution in [0.5, 0.6) is 0 Å². The van der Waals surface area contributed by atoms with E-state index in [1.807, 2.05) is 26.0 Å². The average Bonchev–Trinajstić information content (AvgIpc) is 3.47. The van der Waals surface area contributed by atoms with Gasteiger partial charge in [-0.25, -0.2) is 9.69 Å². The SMILES string of the molecule is Cc1ccc(C)c(C(=O)COC(=O)c2ccccc2N2C(=O)[C@@H]3[C@H]4CC[C@@H](C4)[C@H]3C2=O)c1. The number of hydrogen-bond donors (Lipinski definition) is 0. The maximum Gasteiger partial charge on any atom is 0.340 e. The molecular formula is C26H25NO5. The van der Waals surface area contributed by atoms with Crippen LogP contribution in [-0.4, -0.2) is 30.2 Å². The van der Waals surface area contributed by atoms with E-state index in [0.29, 0.717) is 5.56 Å². The number of ether oxygens (including phenoxy) is 1. The number of fused-ring (bicyclic) bond motifs is 5. The van der Waals surface area contributed by atoms with E-state index in [1.54, 1.807) is 24.3 Å². The van der Waals surface area contributed by atoms with E-state index in [9.17, 15) is 19.2 Å². The average molecular weight is 431 g/mol. The van der Waals surface area contributed by atoms with Gasteiger partial charge in [-0.05, 0) is 68.7 Å². The zero-order chi connectivity index (χ0) is 22.6. The largest absolute Gasteiger partial charge is 0.454 e. The van der Waals surface area contributed by atoms with Gasteiger partial charge in [0.2, 0.25) is 17.6 Å². The minimum atomic E-state index is -0.722. The number of Topliss-reactive ketones (excluding diaryl/α,β-unsaturated/α-hetero) is 1. The van der Waals surface area contributed by atoms with Crippen molar-refractivity contribution < 1.29 is 23.9 Å². The van der Waals surface area contributed by atoms with Crippen LogP contribution in [-0.2, 0) is 14.3 Å². The second kappa shape index (κ2) is 7.69. The zero-order valence-electron chi connectivity index (χ0n) is 18.2.